The van der Waals surface area contributed by atoms with E-state index in [9.17, 15) is 14.4 Å². The normalized spacial score (nSPS) is 9.71. The summed E-state index contributed by atoms with van der Waals surface area (Å²) in [6, 6.07) is 0. The molecule has 10 heteroatoms. The second kappa shape index (κ2) is 5.10. The average molecular weight is 322 g/mol. The van der Waals surface area contributed by atoms with E-state index in [4.69, 9.17) is 0 Å². The number of halogens is 1. The standard InChI is InChI=1S/C7H7N5O3S.BrH/c1-2(13)11-12-7-9-4-3(16-7)5(14)10-6(15)8-4;/h1H3,(H,11,13)(H3,8,9,10,12,14,15);1H. The van der Waals surface area contributed by atoms with E-state index < -0.39 is 11.2 Å². The first-order chi connectivity index (χ1) is 7.56. The predicted molar refractivity (Wildman–Crippen MR) is 68.6 cm³/mol. The number of nitrogens with one attached hydrogen (secondary N) is 4. The number of thiazole rings is 1. The molecular weight excluding hydrogens is 314 g/mol. The van der Waals surface area contributed by atoms with E-state index in [-0.39, 0.29) is 33.2 Å². The molecule has 8 nitrogen and oxygen atoms in total. The number of carbonyl (C=O) groups excluding carboxylic acids is 1. The summed E-state index contributed by atoms with van der Waals surface area (Å²) >= 11 is 1.02. The summed E-state index contributed by atoms with van der Waals surface area (Å²) in [6.45, 7) is 1.33. The average Bonchev–Trinajstić information content (AvgIpc) is 2.57. The zero-order valence-electron chi connectivity index (χ0n) is 8.49. The summed E-state index contributed by atoms with van der Waals surface area (Å²) in [5, 5.41) is 0.317. The van der Waals surface area contributed by atoms with Crippen molar-refractivity contribution in [1.29, 1.82) is 0 Å². The van der Waals surface area contributed by atoms with Gasteiger partial charge in [-0.2, -0.15) is 0 Å². The molecule has 0 radical (unpaired) electrons. The number of anilines is 1. The number of aromatic amines is 2. The summed E-state index contributed by atoms with van der Waals surface area (Å²) in [5.41, 5.74) is 3.89. The summed E-state index contributed by atoms with van der Waals surface area (Å²) < 4.78 is 0.285. The number of rotatable bonds is 2. The predicted octanol–water partition coefficient (Wildman–Crippen LogP) is -0.286. The highest BCUT2D eigenvalue weighted by atomic mass is 79.9. The first-order valence-corrected chi connectivity index (χ1v) is 5.03. The lowest BCUT2D eigenvalue weighted by Gasteiger charge is -1.99. The molecule has 0 saturated carbocycles. The maximum atomic E-state index is 11.3. The molecule has 2 aromatic heterocycles. The molecule has 17 heavy (non-hydrogen) atoms. The molecule has 4 N–H and O–H groups in total. The van der Waals surface area contributed by atoms with Gasteiger partial charge in [0.2, 0.25) is 11.0 Å². The number of H-pyrrole nitrogens is 2. The van der Waals surface area contributed by atoms with E-state index >= 15 is 0 Å². The summed E-state index contributed by atoms with van der Waals surface area (Å²) in [6.07, 6.45) is 0. The Morgan fingerprint density at radius 2 is 2.06 bits per heavy atom. The lowest BCUT2D eigenvalue weighted by molar-refractivity contribution is -0.118. The molecule has 0 atom stereocenters. The Balaban J connectivity index is 0.00000144. The van der Waals surface area contributed by atoms with Crippen molar-refractivity contribution in [3.05, 3.63) is 20.8 Å². The number of hydrogen-bond donors (Lipinski definition) is 4. The molecule has 0 unspecified atom stereocenters. The highest BCUT2D eigenvalue weighted by Crippen LogP contribution is 2.19. The molecule has 0 spiro atoms. The third-order valence-electron chi connectivity index (χ3n) is 1.64. The lowest BCUT2D eigenvalue weighted by atomic mass is 10.6. The van der Waals surface area contributed by atoms with Gasteiger partial charge in [-0.15, -0.1) is 17.0 Å². The van der Waals surface area contributed by atoms with E-state index in [1.165, 1.54) is 6.92 Å². The van der Waals surface area contributed by atoms with Crippen LogP contribution in [0.1, 0.15) is 6.92 Å². The number of amides is 1. The number of nitrogens with zero attached hydrogens (tertiary/aromatic N) is 1. The number of hydrogen-bond acceptors (Lipinski definition) is 6. The molecule has 1 amide bonds. The topological polar surface area (TPSA) is 120 Å². The smallest absolute Gasteiger partial charge is 0.291 e. The summed E-state index contributed by atoms with van der Waals surface area (Å²) in [4.78, 5) is 41.3. The second-order valence-corrected chi connectivity index (χ2v) is 3.91. The van der Waals surface area contributed by atoms with Gasteiger partial charge in [-0.1, -0.05) is 11.3 Å². The first kappa shape index (κ1) is 13.4. The number of fused-ring (bicyclic) bond motifs is 1. The van der Waals surface area contributed by atoms with Crippen molar-refractivity contribution in [2.75, 3.05) is 5.43 Å². The van der Waals surface area contributed by atoms with Gasteiger partial charge in [0.15, 0.2) is 5.65 Å². The minimum absolute atomic E-state index is 0. The Bertz CT molecular complexity index is 659. The van der Waals surface area contributed by atoms with Crippen LogP contribution in [-0.2, 0) is 4.79 Å². The van der Waals surface area contributed by atoms with Crippen molar-refractivity contribution in [3.8, 4) is 0 Å². The molecule has 0 aromatic carbocycles. The molecule has 0 aliphatic rings. The molecule has 0 aliphatic heterocycles. The Kier molecular flexibility index (Phi) is 4.02. The number of hydrazine groups is 1. The van der Waals surface area contributed by atoms with Crippen LogP contribution in [0.5, 0.6) is 0 Å². The van der Waals surface area contributed by atoms with Gasteiger partial charge >= 0.3 is 5.69 Å². The monoisotopic (exact) mass is 321 g/mol. The van der Waals surface area contributed by atoms with Gasteiger partial charge in [-0.05, 0) is 0 Å². The fourth-order valence-electron chi connectivity index (χ4n) is 1.05. The van der Waals surface area contributed by atoms with Crippen molar-refractivity contribution in [2.24, 2.45) is 0 Å². The highest BCUT2D eigenvalue weighted by Gasteiger charge is 2.08. The van der Waals surface area contributed by atoms with E-state index in [0.29, 0.717) is 5.13 Å². The minimum Gasteiger partial charge on any atom is -0.291 e. The van der Waals surface area contributed by atoms with Gasteiger partial charge in [-0.3, -0.25) is 30.4 Å². The second-order valence-electron chi connectivity index (χ2n) is 2.91. The van der Waals surface area contributed by atoms with E-state index in [2.05, 4.69) is 25.8 Å². The van der Waals surface area contributed by atoms with Gasteiger partial charge in [0.1, 0.15) is 4.70 Å². The van der Waals surface area contributed by atoms with Crippen LogP contribution in [0.3, 0.4) is 0 Å². The van der Waals surface area contributed by atoms with Crippen molar-refractivity contribution >= 4 is 49.7 Å². The van der Waals surface area contributed by atoms with Gasteiger partial charge in [0, 0.05) is 6.92 Å². The molecule has 2 aromatic rings. The summed E-state index contributed by atoms with van der Waals surface area (Å²) in [7, 11) is 0. The Hall–Kier alpha value is -1.68. The Labute approximate surface area is 108 Å². The van der Waals surface area contributed by atoms with Gasteiger partial charge in [-0.25, -0.2) is 9.78 Å². The molecule has 92 valence electrons. The van der Waals surface area contributed by atoms with Crippen molar-refractivity contribution < 1.29 is 4.79 Å². The SMILES string of the molecule is Br.CC(=O)NNc1nc2[nH]c(=O)[nH]c(=O)c2s1. The largest absolute Gasteiger partial charge is 0.327 e. The molecular formula is C7H8BrN5O3S. The molecule has 0 saturated heterocycles. The van der Waals surface area contributed by atoms with E-state index in [1.54, 1.807) is 0 Å². The number of aromatic nitrogens is 3. The van der Waals surface area contributed by atoms with Crippen LogP contribution in [0.2, 0.25) is 0 Å². The summed E-state index contributed by atoms with van der Waals surface area (Å²) in [5.74, 6) is -0.290. The van der Waals surface area contributed by atoms with Crippen molar-refractivity contribution in [3.63, 3.8) is 0 Å². The molecule has 2 rings (SSSR count). The van der Waals surface area contributed by atoms with Gasteiger partial charge < -0.3 is 0 Å². The molecule has 0 fully saturated rings. The maximum absolute atomic E-state index is 11.3. The lowest BCUT2D eigenvalue weighted by Crippen LogP contribution is -2.26. The van der Waals surface area contributed by atoms with Crippen LogP contribution in [0, 0.1) is 0 Å². The van der Waals surface area contributed by atoms with E-state index in [1.807, 2.05) is 0 Å². The molecule has 2 heterocycles. The van der Waals surface area contributed by atoms with Crippen LogP contribution >= 0.6 is 28.3 Å². The zero-order valence-corrected chi connectivity index (χ0v) is 11.0. The minimum atomic E-state index is -0.617. The highest BCUT2D eigenvalue weighted by molar-refractivity contribution is 8.93. The Morgan fingerprint density at radius 1 is 1.35 bits per heavy atom. The fraction of sp³-hybridized carbons (Fsp3) is 0.143. The van der Waals surface area contributed by atoms with Gasteiger partial charge in [0.25, 0.3) is 5.56 Å². The van der Waals surface area contributed by atoms with Crippen molar-refractivity contribution in [1.82, 2.24) is 20.4 Å². The number of carbonyl (C=O) groups is 1. The Morgan fingerprint density at radius 3 is 2.71 bits per heavy atom. The van der Waals surface area contributed by atoms with Crippen LogP contribution in [0.15, 0.2) is 9.59 Å². The van der Waals surface area contributed by atoms with Crippen LogP contribution in [0.25, 0.3) is 10.3 Å². The third-order valence-corrected chi connectivity index (χ3v) is 2.61. The molecule has 0 bridgehead atoms. The quantitative estimate of drug-likeness (QED) is 0.567. The van der Waals surface area contributed by atoms with Gasteiger partial charge in [0.05, 0.1) is 0 Å². The first-order valence-electron chi connectivity index (χ1n) is 4.22. The van der Waals surface area contributed by atoms with Crippen LogP contribution < -0.4 is 22.1 Å². The maximum Gasteiger partial charge on any atom is 0.327 e. The fourth-order valence-corrected chi connectivity index (χ4v) is 1.82. The van der Waals surface area contributed by atoms with E-state index in [0.717, 1.165) is 11.3 Å². The van der Waals surface area contributed by atoms with Crippen molar-refractivity contribution in [2.45, 2.75) is 6.92 Å². The van der Waals surface area contributed by atoms with Crippen LogP contribution in [0.4, 0.5) is 5.13 Å². The third kappa shape index (κ3) is 2.91. The van der Waals surface area contributed by atoms with Crippen LogP contribution in [-0.4, -0.2) is 20.9 Å². The zero-order chi connectivity index (χ0) is 11.7. The molecule has 0 aliphatic carbocycles.